The van der Waals surface area contributed by atoms with E-state index in [9.17, 15) is 18.0 Å². The van der Waals surface area contributed by atoms with Gasteiger partial charge in [0.2, 0.25) is 15.9 Å². The lowest BCUT2D eigenvalue weighted by Crippen LogP contribution is -2.41. The fraction of sp³-hybridized carbons (Fsp3) is 0.417. The van der Waals surface area contributed by atoms with E-state index in [1.54, 1.807) is 30.3 Å². The fourth-order valence-electron chi connectivity index (χ4n) is 4.43. The molecule has 4 rings (SSSR count). The molecule has 0 bridgehead atoms. The van der Waals surface area contributed by atoms with Gasteiger partial charge in [0.05, 0.1) is 17.6 Å². The van der Waals surface area contributed by atoms with Crippen LogP contribution < -0.4 is 5.32 Å². The minimum Gasteiger partial charge on any atom is -0.465 e. The van der Waals surface area contributed by atoms with Crippen molar-refractivity contribution < 1.29 is 22.7 Å². The van der Waals surface area contributed by atoms with Gasteiger partial charge in [-0.2, -0.15) is 4.31 Å². The molecule has 8 heteroatoms. The number of aryl methyl sites for hydroxylation is 2. The first-order valence-electron chi connectivity index (χ1n) is 11.0. The molecule has 0 unspecified atom stereocenters. The van der Waals surface area contributed by atoms with Crippen molar-refractivity contribution >= 4 is 27.6 Å². The number of fused-ring (bicyclic) bond motifs is 1. The largest absolute Gasteiger partial charge is 0.465 e. The van der Waals surface area contributed by atoms with Gasteiger partial charge in [0.1, 0.15) is 0 Å². The maximum Gasteiger partial charge on any atom is 0.337 e. The molecule has 1 aliphatic carbocycles. The van der Waals surface area contributed by atoms with E-state index in [-0.39, 0.29) is 11.8 Å². The van der Waals surface area contributed by atoms with Crippen LogP contribution in [0.1, 0.15) is 47.2 Å². The first-order chi connectivity index (χ1) is 15.4. The Labute approximate surface area is 188 Å². The number of ether oxygens (including phenoxy) is 1. The van der Waals surface area contributed by atoms with Crippen molar-refractivity contribution in [3.63, 3.8) is 0 Å². The minimum absolute atomic E-state index is 0.137. The number of anilines is 1. The van der Waals surface area contributed by atoms with Crippen LogP contribution in [-0.4, -0.2) is 44.8 Å². The third kappa shape index (κ3) is 4.71. The van der Waals surface area contributed by atoms with Crippen molar-refractivity contribution in [3.8, 4) is 0 Å². The average molecular weight is 457 g/mol. The van der Waals surface area contributed by atoms with Crippen molar-refractivity contribution in [2.45, 2.75) is 43.4 Å². The summed E-state index contributed by atoms with van der Waals surface area (Å²) < 4.78 is 32.4. The van der Waals surface area contributed by atoms with Gasteiger partial charge in [0.15, 0.2) is 0 Å². The van der Waals surface area contributed by atoms with E-state index in [2.05, 4.69) is 10.1 Å². The molecule has 2 aliphatic rings. The number of hydrogen-bond acceptors (Lipinski definition) is 5. The highest BCUT2D eigenvalue weighted by atomic mass is 32.2. The summed E-state index contributed by atoms with van der Waals surface area (Å²) in [4.78, 5) is 24.5. The Balaban J connectivity index is 1.36. The predicted octanol–water partition coefficient (Wildman–Crippen LogP) is 3.39. The first kappa shape index (κ1) is 22.5. The second-order valence-electron chi connectivity index (χ2n) is 8.37. The van der Waals surface area contributed by atoms with Crippen molar-refractivity contribution in [2.75, 3.05) is 25.5 Å². The number of carbonyl (C=O) groups excluding carboxylic acids is 2. The second-order valence-corrected chi connectivity index (χ2v) is 10.3. The number of piperidine rings is 1. The Morgan fingerprint density at radius 2 is 1.62 bits per heavy atom. The summed E-state index contributed by atoms with van der Waals surface area (Å²) in [5.41, 5.74) is 3.40. The second kappa shape index (κ2) is 9.42. The van der Waals surface area contributed by atoms with Gasteiger partial charge in [-0.3, -0.25) is 4.79 Å². The molecular weight excluding hydrogens is 428 g/mol. The minimum atomic E-state index is -3.56. The van der Waals surface area contributed by atoms with Crippen LogP contribution in [0.2, 0.25) is 0 Å². The predicted molar refractivity (Wildman–Crippen MR) is 121 cm³/mol. The van der Waals surface area contributed by atoms with Crippen LogP contribution >= 0.6 is 0 Å². The van der Waals surface area contributed by atoms with Gasteiger partial charge in [0, 0.05) is 24.7 Å². The van der Waals surface area contributed by atoms with Crippen molar-refractivity contribution in [2.24, 2.45) is 5.92 Å². The standard InChI is InChI=1S/C24H28N2O5S/c1-31-24(28)19-6-9-21(10-7-19)25-23(27)18-12-14-26(15-13-18)32(29,30)22-11-8-17-4-2-3-5-20(17)16-22/h6-11,16,18H,2-5,12-15H2,1H3,(H,25,27). The normalized spacial score (nSPS) is 17.4. The van der Waals surface area contributed by atoms with E-state index in [0.29, 0.717) is 42.1 Å². The molecule has 170 valence electrons. The van der Waals surface area contributed by atoms with Gasteiger partial charge in [0.25, 0.3) is 0 Å². The molecule has 1 amide bonds. The smallest absolute Gasteiger partial charge is 0.337 e. The van der Waals surface area contributed by atoms with Crippen LogP contribution in [0, 0.1) is 5.92 Å². The number of methoxy groups -OCH3 is 1. The van der Waals surface area contributed by atoms with E-state index < -0.39 is 16.0 Å². The number of benzene rings is 2. The molecule has 0 spiro atoms. The number of esters is 1. The summed E-state index contributed by atoms with van der Waals surface area (Å²) in [6.45, 7) is 0.636. The number of nitrogens with one attached hydrogen (secondary N) is 1. The lowest BCUT2D eigenvalue weighted by atomic mass is 9.92. The maximum absolute atomic E-state index is 13.1. The molecule has 1 saturated heterocycles. The highest BCUT2D eigenvalue weighted by Gasteiger charge is 2.32. The Bertz CT molecular complexity index is 1100. The highest BCUT2D eigenvalue weighted by Crippen LogP contribution is 2.28. The lowest BCUT2D eigenvalue weighted by Gasteiger charge is -2.31. The van der Waals surface area contributed by atoms with Crippen LogP contribution in [-0.2, 0) is 32.4 Å². The Kier molecular flexibility index (Phi) is 6.62. The first-order valence-corrected chi connectivity index (χ1v) is 12.4. The van der Waals surface area contributed by atoms with Crippen LogP contribution in [0.5, 0.6) is 0 Å². The van der Waals surface area contributed by atoms with Crippen LogP contribution in [0.25, 0.3) is 0 Å². The SMILES string of the molecule is COC(=O)c1ccc(NC(=O)C2CCN(S(=O)(=O)c3ccc4c(c3)CCCC4)CC2)cc1. The van der Waals surface area contributed by atoms with Crippen molar-refractivity contribution in [1.82, 2.24) is 4.31 Å². The number of rotatable bonds is 5. The van der Waals surface area contributed by atoms with E-state index in [4.69, 9.17) is 0 Å². The summed E-state index contributed by atoms with van der Waals surface area (Å²) in [5.74, 6) is -0.831. The van der Waals surface area contributed by atoms with Crippen LogP contribution in [0.4, 0.5) is 5.69 Å². The van der Waals surface area contributed by atoms with Gasteiger partial charge >= 0.3 is 5.97 Å². The van der Waals surface area contributed by atoms with E-state index >= 15 is 0 Å². The molecule has 1 N–H and O–H groups in total. The molecular formula is C24H28N2O5S. The quantitative estimate of drug-likeness (QED) is 0.696. The monoisotopic (exact) mass is 456 g/mol. The summed E-state index contributed by atoms with van der Waals surface area (Å²) in [6, 6.07) is 12.0. The molecule has 32 heavy (non-hydrogen) atoms. The summed E-state index contributed by atoms with van der Waals surface area (Å²) >= 11 is 0. The third-order valence-electron chi connectivity index (χ3n) is 6.36. The average Bonchev–Trinajstić information content (AvgIpc) is 2.83. The summed E-state index contributed by atoms with van der Waals surface area (Å²) in [7, 11) is -2.25. The maximum atomic E-state index is 13.1. The van der Waals surface area contributed by atoms with Crippen LogP contribution in [0.3, 0.4) is 0 Å². The van der Waals surface area contributed by atoms with E-state index in [1.807, 2.05) is 12.1 Å². The zero-order valence-corrected chi connectivity index (χ0v) is 19.0. The zero-order valence-electron chi connectivity index (χ0n) is 18.2. The number of amides is 1. The molecule has 0 radical (unpaired) electrons. The highest BCUT2D eigenvalue weighted by molar-refractivity contribution is 7.89. The number of carbonyl (C=O) groups is 2. The summed E-state index contributed by atoms with van der Waals surface area (Å²) in [6.07, 6.45) is 5.14. The zero-order chi connectivity index (χ0) is 22.7. The van der Waals surface area contributed by atoms with Crippen molar-refractivity contribution in [3.05, 3.63) is 59.2 Å². The molecule has 0 saturated carbocycles. The Morgan fingerprint density at radius 1 is 0.969 bits per heavy atom. The van der Waals surface area contributed by atoms with Gasteiger partial charge in [-0.05, 0) is 86.1 Å². The Hall–Kier alpha value is -2.71. The molecule has 7 nitrogen and oxygen atoms in total. The molecule has 1 fully saturated rings. The number of nitrogens with zero attached hydrogens (tertiary/aromatic N) is 1. The van der Waals surface area contributed by atoms with E-state index in [1.165, 1.54) is 17.0 Å². The van der Waals surface area contributed by atoms with Gasteiger partial charge in [-0.25, -0.2) is 13.2 Å². The Morgan fingerprint density at radius 3 is 2.28 bits per heavy atom. The van der Waals surface area contributed by atoms with Crippen molar-refractivity contribution in [1.29, 1.82) is 0 Å². The summed E-state index contributed by atoms with van der Waals surface area (Å²) in [5, 5.41) is 2.86. The molecule has 2 aromatic carbocycles. The fourth-order valence-corrected chi connectivity index (χ4v) is 5.95. The third-order valence-corrected chi connectivity index (χ3v) is 8.25. The molecule has 0 atom stereocenters. The number of sulfonamides is 1. The topological polar surface area (TPSA) is 92.8 Å². The molecule has 1 aliphatic heterocycles. The van der Waals surface area contributed by atoms with Gasteiger partial charge < -0.3 is 10.1 Å². The molecule has 2 aromatic rings. The van der Waals surface area contributed by atoms with Crippen LogP contribution in [0.15, 0.2) is 47.4 Å². The van der Waals surface area contributed by atoms with Gasteiger partial charge in [-0.1, -0.05) is 6.07 Å². The van der Waals surface area contributed by atoms with Gasteiger partial charge in [-0.15, -0.1) is 0 Å². The number of hydrogen-bond donors (Lipinski definition) is 1. The molecule has 1 heterocycles. The van der Waals surface area contributed by atoms with E-state index in [0.717, 1.165) is 31.2 Å². The lowest BCUT2D eigenvalue weighted by molar-refractivity contribution is -0.120. The molecule has 0 aromatic heterocycles.